The number of rotatable bonds is 2. The first-order valence-electron chi connectivity index (χ1n) is 9.61. The van der Waals surface area contributed by atoms with E-state index in [0.717, 1.165) is 51.7 Å². The number of nitrogens with zero attached hydrogens (tertiary/aromatic N) is 2. The molecule has 0 bridgehead atoms. The quantitative estimate of drug-likeness (QED) is 0.888. The standard InChI is InChI=1S/C20H27N3O2/c24-19-13-21-10-12-23(19)16-7-4-11-22(14-16)20(25)18-9-3-6-15-5-1-2-8-17(15)18/h1-2,5,8,16,18,21H,3-4,6-7,9-14H2. The summed E-state index contributed by atoms with van der Waals surface area (Å²) >= 11 is 0. The summed E-state index contributed by atoms with van der Waals surface area (Å²) in [5, 5.41) is 3.13. The van der Waals surface area contributed by atoms with Gasteiger partial charge >= 0.3 is 0 Å². The minimum Gasteiger partial charge on any atom is -0.340 e. The summed E-state index contributed by atoms with van der Waals surface area (Å²) in [6.07, 6.45) is 5.11. The number of nitrogens with one attached hydrogen (secondary N) is 1. The highest BCUT2D eigenvalue weighted by atomic mass is 16.2. The first-order valence-corrected chi connectivity index (χ1v) is 9.61. The summed E-state index contributed by atoms with van der Waals surface area (Å²) in [5.41, 5.74) is 2.55. The summed E-state index contributed by atoms with van der Waals surface area (Å²) in [4.78, 5) is 29.4. The van der Waals surface area contributed by atoms with Gasteiger partial charge in [-0.05, 0) is 43.2 Å². The molecule has 2 unspecified atom stereocenters. The molecule has 1 N–H and O–H groups in total. The number of piperidine rings is 1. The molecule has 0 aromatic heterocycles. The minimum atomic E-state index is 0.00224. The van der Waals surface area contributed by atoms with Crippen LogP contribution in [0.25, 0.3) is 0 Å². The average molecular weight is 341 g/mol. The molecule has 2 amide bonds. The van der Waals surface area contributed by atoms with Crippen LogP contribution in [0.15, 0.2) is 24.3 Å². The van der Waals surface area contributed by atoms with Crippen molar-refractivity contribution in [2.75, 3.05) is 32.7 Å². The Bertz CT molecular complexity index is 660. The Kier molecular flexibility index (Phi) is 4.75. The van der Waals surface area contributed by atoms with E-state index in [1.807, 2.05) is 15.9 Å². The molecular formula is C20H27N3O2. The number of hydrogen-bond donors (Lipinski definition) is 1. The van der Waals surface area contributed by atoms with Gasteiger partial charge in [-0.2, -0.15) is 0 Å². The molecule has 0 spiro atoms. The van der Waals surface area contributed by atoms with Gasteiger partial charge in [0.2, 0.25) is 11.8 Å². The van der Waals surface area contributed by atoms with E-state index in [2.05, 4.69) is 23.5 Å². The molecule has 4 rings (SSSR count). The van der Waals surface area contributed by atoms with Crippen molar-refractivity contribution >= 4 is 11.8 Å². The molecular weight excluding hydrogens is 314 g/mol. The largest absolute Gasteiger partial charge is 0.340 e. The van der Waals surface area contributed by atoms with Crippen molar-refractivity contribution in [3.63, 3.8) is 0 Å². The maximum Gasteiger partial charge on any atom is 0.236 e. The first-order chi connectivity index (χ1) is 12.2. The van der Waals surface area contributed by atoms with Crippen LogP contribution >= 0.6 is 0 Å². The highest BCUT2D eigenvalue weighted by Crippen LogP contribution is 2.33. The van der Waals surface area contributed by atoms with Gasteiger partial charge in [0.25, 0.3) is 0 Å². The van der Waals surface area contributed by atoms with E-state index in [4.69, 9.17) is 0 Å². The molecule has 1 aromatic rings. The van der Waals surface area contributed by atoms with Gasteiger partial charge in [-0.25, -0.2) is 0 Å². The SMILES string of the molecule is O=C(C1CCCc2ccccc21)N1CCCC(N2CCNCC2=O)C1. The van der Waals surface area contributed by atoms with Crippen LogP contribution in [0.2, 0.25) is 0 Å². The molecule has 0 radical (unpaired) electrons. The fourth-order valence-corrected chi connectivity index (χ4v) is 4.65. The van der Waals surface area contributed by atoms with Crippen molar-refractivity contribution < 1.29 is 9.59 Å². The van der Waals surface area contributed by atoms with Gasteiger partial charge in [0.1, 0.15) is 0 Å². The van der Waals surface area contributed by atoms with E-state index < -0.39 is 0 Å². The molecule has 134 valence electrons. The normalized spacial score (nSPS) is 27.1. The van der Waals surface area contributed by atoms with Crippen LogP contribution < -0.4 is 5.32 Å². The Morgan fingerprint density at radius 1 is 1.12 bits per heavy atom. The molecule has 2 heterocycles. The fraction of sp³-hybridized carbons (Fsp3) is 0.600. The summed E-state index contributed by atoms with van der Waals surface area (Å²) in [7, 11) is 0. The fourth-order valence-electron chi connectivity index (χ4n) is 4.65. The third-order valence-electron chi connectivity index (χ3n) is 5.94. The molecule has 2 aliphatic heterocycles. The lowest BCUT2D eigenvalue weighted by atomic mass is 9.81. The monoisotopic (exact) mass is 341 g/mol. The highest BCUT2D eigenvalue weighted by Gasteiger charge is 2.35. The van der Waals surface area contributed by atoms with Crippen molar-refractivity contribution in [3.8, 4) is 0 Å². The summed E-state index contributed by atoms with van der Waals surface area (Å²) in [6, 6.07) is 8.58. The predicted molar refractivity (Wildman–Crippen MR) is 96.3 cm³/mol. The molecule has 25 heavy (non-hydrogen) atoms. The average Bonchev–Trinajstić information content (AvgIpc) is 2.67. The van der Waals surface area contributed by atoms with Gasteiger partial charge in [-0.3, -0.25) is 9.59 Å². The van der Waals surface area contributed by atoms with Gasteiger partial charge in [-0.1, -0.05) is 24.3 Å². The van der Waals surface area contributed by atoms with Gasteiger partial charge in [0.15, 0.2) is 0 Å². The van der Waals surface area contributed by atoms with Crippen LogP contribution in [-0.4, -0.2) is 60.4 Å². The number of carbonyl (C=O) groups is 2. The van der Waals surface area contributed by atoms with Crippen LogP contribution in [-0.2, 0) is 16.0 Å². The third-order valence-corrected chi connectivity index (χ3v) is 5.94. The Morgan fingerprint density at radius 3 is 2.88 bits per heavy atom. The maximum atomic E-state index is 13.2. The third kappa shape index (κ3) is 3.30. The number of likely N-dealkylation sites (tertiary alicyclic amines) is 1. The number of aryl methyl sites for hydroxylation is 1. The molecule has 1 aromatic carbocycles. The van der Waals surface area contributed by atoms with E-state index in [1.165, 1.54) is 11.1 Å². The molecule has 2 atom stereocenters. The number of piperazine rings is 1. The molecule has 0 saturated carbocycles. The Hall–Kier alpha value is -1.88. The van der Waals surface area contributed by atoms with Crippen LogP contribution in [0.3, 0.4) is 0 Å². The minimum absolute atomic E-state index is 0.00224. The summed E-state index contributed by atoms with van der Waals surface area (Å²) in [6.45, 7) is 3.57. The van der Waals surface area contributed by atoms with Crippen molar-refractivity contribution in [3.05, 3.63) is 35.4 Å². The molecule has 5 heteroatoms. The topological polar surface area (TPSA) is 52.7 Å². The van der Waals surface area contributed by atoms with Gasteiger partial charge in [0.05, 0.1) is 12.5 Å². The van der Waals surface area contributed by atoms with Crippen LogP contribution in [0, 0.1) is 0 Å². The Labute approximate surface area is 149 Å². The Balaban J connectivity index is 1.48. The van der Waals surface area contributed by atoms with E-state index in [0.29, 0.717) is 13.1 Å². The van der Waals surface area contributed by atoms with E-state index in [9.17, 15) is 9.59 Å². The highest BCUT2D eigenvalue weighted by molar-refractivity contribution is 5.85. The van der Waals surface area contributed by atoms with Gasteiger partial charge in [0, 0.05) is 32.2 Å². The molecule has 2 fully saturated rings. The number of benzene rings is 1. The van der Waals surface area contributed by atoms with Crippen molar-refractivity contribution in [2.24, 2.45) is 0 Å². The number of carbonyl (C=O) groups excluding carboxylic acids is 2. The van der Waals surface area contributed by atoms with E-state index in [1.54, 1.807) is 0 Å². The molecule has 5 nitrogen and oxygen atoms in total. The maximum absolute atomic E-state index is 13.2. The number of hydrogen-bond acceptors (Lipinski definition) is 3. The predicted octanol–water partition coefficient (Wildman–Crippen LogP) is 1.53. The molecule has 1 aliphatic carbocycles. The van der Waals surface area contributed by atoms with E-state index in [-0.39, 0.29) is 23.8 Å². The van der Waals surface area contributed by atoms with Crippen molar-refractivity contribution in [2.45, 2.75) is 44.1 Å². The van der Waals surface area contributed by atoms with Crippen LogP contribution in [0.1, 0.15) is 42.7 Å². The zero-order chi connectivity index (χ0) is 17.2. The smallest absolute Gasteiger partial charge is 0.236 e. The van der Waals surface area contributed by atoms with Crippen molar-refractivity contribution in [1.82, 2.24) is 15.1 Å². The summed E-state index contributed by atoms with van der Waals surface area (Å²) < 4.78 is 0. The lowest BCUT2D eigenvalue weighted by Crippen LogP contribution is -2.58. The second kappa shape index (κ2) is 7.16. The molecule has 2 saturated heterocycles. The van der Waals surface area contributed by atoms with Gasteiger partial charge in [-0.15, -0.1) is 0 Å². The van der Waals surface area contributed by atoms with Gasteiger partial charge < -0.3 is 15.1 Å². The number of fused-ring (bicyclic) bond motifs is 1. The zero-order valence-corrected chi connectivity index (χ0v) is 14.7. The molecule has 3 aliphatic rings. The van der Waals surface area contributed by atoms with Crippen LogP contribution in [0.4, 0.5) is 0 Å². The first kappa shape index (κ1) is 16.6. The Morgan fingerprint density at radius 2 is 2.00 bits per heavy atom. The number of amides is 2. The summed E-state index contributed by atoms with van der Waals surface area (Å²) in [5.74, 6) is 0.440. The second-order valence-electron chi connectivity index (χ2n) is 7.49. The van der Waals surface area contributed by atoms with Crippen LogP contribution in [0.5, 0.6) is 0 Å². The lowest BCUT2D eigenvalue weighted by molar-refractivity contribution is -0.141. The van der Waals surface area contributed by atoms with Crippen molar-refractivity contribution in [1.29, 1.82) is 0 Å². The lowest BCUT2D eigenvalue weighted by Gasteiger charge is -2.42. The van der Waals surface area contributed by atoms with E-state index >= 15 is 0 Å². The second-order valence-corrected chi connectivity index (χ2v) is 7.49. The zero-order valence-electron chi connectivity index (χ0n) is 14.7.